The Kier molecular flexibility index (Phi) is 9.24. The first kappa shape index (κ1) is 14.7. The molecular weight excluding hydrogens is 278 g/mol. The molecule has 96 valence electrons. The number of hydrogen-bond donors (Lipinski definition) is 0. The largest absolute Gasteiger partial charge is 0.381 e. The third kappa shape index (κ3) is 8.33. The van der Waals surface area contributed by atoms with Crippen LogP contribution in [0.15, 0.2) is 24.5 Å². The Morgan fingerprint density at radius 3 is 2.65 bits per heavy atom. The van der Waals surface area contributed by atoms with E-state index < -0.39 is 0 Å². The number of rotatable bonds is 10. The Bertz CT molecular complexity index is 266. The van der Waals surface area contributed by atoms with E-state index in [4.69, 9.17) is 4.74 Å². The number of unbranched alkanes of at least 4 members (excludes halogenated alkanes) is 3. The SMILES string of the molecule is BrCCCCCCOCCCc1cccnc1. The van der Waals surface area contributed by atoms with E-state index in [0.717, 1.165) is 31.4 Å². The van der Waals surface area contributed by atoms with E-state index >= 15 is 0 Å². The molecule has 0 unspecified atom stereocenters. The highest BCUT2D eigenvalue weighted by Crippen LogP contribution is 2.03. The van der Waals surface area contributed by atoms with Crippen LogP contribution in [0.25, 0.3) is 0 Å². The highest BCUT2D eigenvalue weighted by Gasteiger charge is 1.94. The van der Waals surface area contributed by atoms with Crippen LogP contribution in [0.4, 0.5) is 0 Å². The molecule has 0 saturated carbocycles. The van der Waals surface area contributed by atoms with Crippen molar-refractivity contribution >= 4 is 15.9 Å². The van der Waals surface area contributed by atoms with Gasteiger partial charge in [0.2, 0.25) is 0 Å². The number of halogens is 1. The first-order chi connectivity index (χ1) is 8.43. The lowest BCUT2D eigenvalue weighted by Crippen LogP contribution is -1.99. The molecule has 0 aliphatic rings. The predicted molar refractivity (Wildman–Crippen MR) is 75.6 cm³/mol. The normalized spacial score (nSPS) is 10.6. The molecule has 0 aromatic carbocycles. The molecule has 17 heavy (non-hydrogen) atoms. The second-order valence-electron chi connectivity index (χ2n) is 4.18. The molecule has 0 amide bonds. The molecule has 1 aromatic rings. The molecule has 3 heteroatoms. The molecule has 0 atom stereocenters. The molecule has 0 spiro atoms. The fraction of sp³-hybridized carbons (Fsp3) is 0.643. The number of nitrogens with zero attached hydrogens (tertiary/aromatic N) is 1. The van der Waals surface area contributed by atoms with E-state index in [1.54, 1.807) is 0 Å². The first-order valence-electron chi connectivity index (χ1n) is 6.46. The molecule has 0 fully saturated rings. The van der Waals surface area contributed by atoms with Crippen LogP contribution in [0.1, 0.15) is 37.7 Å². The minimum Gasteiger partial charge on any atom is -0.381 e. The van der Waals surface area contributed by atoms with Gasteiger partial charge < -0.3 is 4.74 Å². The number of aromatic nitrogens is 1. The Morgan fingerprint density at radius 1 is 1.06 bits per heavy atom. The van der Waals surface area contributed by atoms with E-state index in [1.807, 2.05) is 18.5 Å². The summed E-state index contributed by atoms with van der Waals surface area (Å²) in [6.07, 6.45) is 11.0. The van der Waals surface area contributed by atoms with Crippen LogP contribution >= 0.6 is 15.9 Å². The van der Waals surface area contributed by atoms with Crippen molar-refractivity contribution in [3.63, 3.8) is 0 Å². The molecule has 1 rings (SSSR count). The monoisotopic (exact) mass is 299 g/mol. The summed E-state index contributed by atoms with van der Waals surface area (Å²) in [7, 11) is 0. The zero-order valence-electron chi connectivity index (χ0n) is 10.4. The van der Waals surface area contributed by atoms with Crippen molar-refractivity contribution in [1.29, 1.82) is 0 Å². The summed E-state index contributed by atoms with van der Waals surface area (Å²) in [6, 6.07) is 4.10. The third-order valence-corrected chi connectivity index (χ3v) is 3.21. The van der Waals surface area contributed by atoms with Crippen LogP contribution in [0.3, 0.4) is 0 Å². The Hall–Kier alpha value is -0.410. The van der Waals surface area contributed by atoms with Gasteiger partial charge in [0.1, 0.15) is 0 Å². The summed E-state index contributed by atoms with van der Waals surface area (Å²) in [6.45, 7) is 1.78. The van der Waals surface area contributed by atoms with Gasteiger partial charge in [-0.15, -0.1) is 0 Å². The summed E-state index contributed by atoms with van der Waals surface area (Å²) in [5, 5.41) is 1.12. The van der Waals surface area contributed by atoms with Gasteiger partial charge in [-0.1, -0.05) is 34.8 Å². The van der Waals surface area contributed by atoms with Crippen molar-refractivity contribution in [2.24, 2.45) is 0 Å². The van der Waals surface area contributed by atoms with E-state index in [1.165, 1.54) is 31.2 Å². The molecule has 0 bridgehead atoms. The van der Waals surface area contributed by atoms with E-state index in [9.17, 15) is 0 Å². The second kappa shape index (κ2) is 10.7. The van der Waals surface area contributed by atoms with Gasteiger partial charge in [0.25, 0.3) is 0 Å². The Balaban J connectivity index is 1.85. The van der Waals surface area contributed by atoms with Gasteiger partial charge in [0.15, 0.2) is 0 Å². The lowest BCUT2D eigenvalue weighted by Gasteiger charge is -2.04. The van der Waals surface area contributed by atoms with Gasteiger partial charge in [-0.3, -0.25) is 4.98 Å². The number of alkyl halides is 1. The zero-order valence-corrected chi connectivity index (χ0v) is 12.0. The van der Waals surface area contributed by atoms with Crippen LogP contribution in [-0.2, 0) is 11.2 Å². The van der Waals surface area contributed by atoms with Gasteiger partial charge in [-0.2, -0.15) is 0 Å². The number of pyridine rings is 1. The van der Waals surface area contributed by atoms with E-state index in [0.29, 0.717) is 0 Å². The van der Waals surface area contributed by atoms with Crippen LogP contribution in [0, 0.1) is 0 Å². The maximum absolute atomic E-state index is 5.60. The topological polar surface area (TPSA) is 22.1 Å². The summed E-state index contributed by atoms with van der Waals surface area (Å²) in [4.78, 5) is 4.10. The van der Waals surface area contributed by atoms with Crippen molar-refractivity contribution in [3.05, 3.63) is 30.1 Å². The molecular formula is C14H22BrNO. The van der Waals surface area contributed by atoms with Crippen LogP contribution in [0.2, 0.25) is 0 Å². The highest BCUT2D eigenvalue weighted by atomic mass is 79.9. The quantitative estimate of drug-likeness (QED) is 0.481. The molecule has 0 aliphatic heterocycles. The maximum atomic E-state index is 5.60. The zero-order chi connectivity index (χ0) is 12.2. The first-order valence-corrected chi connectivity index (χ1v) is 7.58. The second-order valence-corrected chi connectivity index (χ2v) is 4.97. The average Bonchev–Trinajstić information content (AvgIpc) is 2.38. The summed E-state index contributed by atoms with van der Waals surface area (Å²) in [5.74, 6) is 0. The van der Waals surface area contributed by atoms with E-state index in [2.05, 4.69) is 27.0 Å². The summed E-state index contributed by atoms with van der Waals surface area (Å²) in [5.41, 5.74) is 1.30. The lowest BCUT2D eigenvalue weighted by molar-refractivity contribution is 0.128. The number of hydrogen-bond acceptors (Lipinski definition) is 2. The molecule has 1 aromatic heterocycles. The Labute approximate surface area is 113 Å². The maximum Gasteiger partial charge on any atom is 0.0469 e. The van der Waals surface area contributed by atoms with E-state index in [-0.39, 0.29) is 0 Å². The van der Waals surface area contributed by atoms with Crippen molar-refractivity contribution < 1.29 is 4.74 Å². The Morgan fingerprint density at radius 2 is 1.88 bits per heavy atom. The molecule has 0 radical (unpaired) electrons. The van der Waals surface area contributed by atoms with Gasteiger partial charge in [0.05, 0.1) is 0 Å². The third-order valence-electron chi connectivity index (χ3n) is 2.65. The van der Waals surface area contributed by atoms with Crippen LogP contribution in [-0.4, -0.2) is 23.5 Å². The fourth-order valence-electron chi connectivity index (χ4n) is 1.68. The van der Waals surface area contributed by atoms with Crippen molar-refractivity contribution in [1.82, 2.24) is 4.98 Å². The fourth-order valence-corrected chi connectivity index (χ4v) is 2.08. The van der Waals surface area contributed by atoms with Gasteiger partial charge in [-0.05, 0) is 37.3 Å². The van der Waals surface area contributed by atoms with Gasteiger partial charge in [0, 0.05) is 30.9 Å². The number of aryl methyl sites for hydroxylation is 1. The molecule has 1 heterocycles. The molecule has 2 nitrogen and oxygen atoms in total. The van der Waals surface area contributed by atoms with Crippen molar-refractivity contribution in [3.8, 4) is 0 Å². The smallest absolute Gasteiger partial charge is 0.0469 e. The molecule has 0 aliphatic carbocycles. The summed E-state index contributed by atoms with van der Waals surface area (Å²) >= 11 is 3.44. The number of ether oxygens (including phenoxy) is 1. The average molecular weight is 300 g/mol. The van der Waals surface area contributed by atoms with Gasteiger partial charge >= 0.3 is 0 Å². The highest BCUT2D eigenvalue weighted by molar-refractivity contribution is 9.09. The minimum absolute atomic E-state index is 0.868. The predicted octanol–water partition coefficient (Wildman–Crippen LogP) is 3.99. The molecule has 0 saturated heterocycles. The molecule has 0 N–H and O–H groups in total. The minimum atomic E-state index is 0.868. The van der Waals surface area contributed by atoms with Crippen LogP contribution in [0.5, 0.6) is 0 Å². The van der Waals surface area contributed by atoms with Crippen molar-refractivity contribution in [2.45, 2.75) is 38.5 Å². The lowest BCUT2D eigenvalue weighted by atomic mass is 10.2. The summed E-state index contributed by atoms with van der Waals surface area (Å²) < 4.78 is 5.60. The van der Waals surface area contributed by atoms with Gasteiger partial charge in [-0.25, -0.2) is 0 Å². The van der Waals surface area contributed by atoms with Crippen molar-refractivity contribution in [2.75, 3.05) is 18.5 Å². The standard InChI is InChI=1S/C14H22BrNO/c15-9-3-1-2-4-11-17-12-6-8-14-7-5-10-16-13-14/h5,7,10,13H,1-4,6,8-9,11-12H2. The van der Waals surface area contributed by atoms with Crippen LogP contribution < -0.4 is 0 Å².